The standard InChI is InChI=1S/C19H14N2O6/c1-2-9-21-17(23)14(16(22)20-19(21)26)10-11-7-8-15(27-11)12-5-3-4-6-13(12)18(24)25/h2-8,10H,1,9H2,(H,24,25)(H,20,22,26)/b14-10+. The minimum absolute atomic E-state index is 0.0509. The molecule has 4 amide bonds. The Bertz CT molecular complexity index is 1000. The Hall–Kier alpha value is -3.94. The maximum atomic E-state index is 12.4. The van der Waals surface area contributed by atoms with Crippen LogP contribution < -0.4 is 5.32 Å². The molecule has 0 unspecified atom stereocenters. The van der Waals surface area contributed by atoms with Crippen molar-refractivity contribution in [3.05, 3.63) is 65.9 Å². The van der Waals surface area contributed by atoms with Crippen LogP contribution in [0.3, 0.4) is 0 Å². The molecule has 1 aromatic heterocycles. The van der Waals surface area contributed by atoms with Gasteiger partial charge in [0.25, 0.3) is 11.8 Å². The summed E-state index contributed by atoms with van der Waals surface area (Å²) in [7, 11) is 0. The minimum Gasteiger partial charge on any atom is -0.478 e. The molecule has 136 valence electrons. The summed E-state index contributed by atoms with van der Waals surface area (Å²) < 4.78 is 5.59. The van der Waals surface area contributed by atoms with Gasteiger partial charge in [0, 0.05) is 12.1 Å². The second kappa shape index (κ2) is 7.12. The van der Waals surface area contributed by atoms with Gasteiger partial charge in [-0.1, -0.05) is 24.3 Å². The number of benzene rings is 1. The summed E-state index contributed by atoms with van der Waals surface area (Å²) in [6, 6.07) is 8.49. The molecule has 0 radical (unpaired) electrons. The van der Waals surface area contributed by atoms with E-state index in [0.29, 0.717) is 5.56 Å². The molecule has 8 heteroatoms. The van der Waals surface area contributed by atoms with Gasteiger partial charge in [0.15, 0.2) is 0 Å². The van der Waals surface area contributed by atoms with Crippen molar-refractivity contribution >= 4 is 29.9 Å². The number of rotatable bonds is 5. The number of hydrogen-bond acceptors (Lipinski definition) is 5. The molecule has 0 aliphatic carbocycles. The molecule has 2 N–H and O–H groups in total. The van der Waals surface area contributed by atoms with E-state index in [2.05, 4.69) is 11.9 Å². The van der Waals surface area contributed by atoms with Crippen LogP contribution in [0.25, 0.3) is 17.4 Å². The van der Waals surface area contributed by atoms with E-state index >= 15 is 0 Å². The monoisotopic (exact) mass is 366 g/mol. The molecule has 3 rings (SSSR count). The number of carbonyl (C=O) groups excluding carboxylic acids is 3. The molecule has 2 aromatic rings. The molecule has 0 atom stereocenters. The van der Waals surface area contributed by atoms with Crippen molar-refractivity contribution in [2.75, 3.05) is 6.54 Å². The largest absolute Gasteiger partial charge is 0.478 e. The van der Waals surface area contributed by atoms with Gasteiger partial charge in [-0.25, -0.2) is 9.59 Å². The molecule has 1 saturated heterocycles. The summed E-state index contributed by atoms with van der Waals surface area (Å²) in [6.45, 7) is 3.42. The Morgan fingerprint density at radius 1 is 1.19 bits per heavy atom. The molecule has 0 bridgehead atoms. The lowest BCUT2D eigenvalue weighted by molar-refractivity contribution is -0.129. The first kappa shape index (κ1) is 17.9. The highest BCUT2D eigenvalue weighted by Crippen LogP contribution is 2.27. The van der Waals surface area contributed by atoms with E-state index in [1.807, 2.05) is 0 Å². The van der Waals surface area contributed by atoms with E-state index in [0.717, 1.165) is 4.90 Å². The third-order valence-corrected chi connectivity index (χ3v) is 3.83. The number of hydrogen-bond donors (Lipinski definition) is 2. The van der Waals surface area contributed by atoms with Crippen molar-refractivity contribution in [2.45, 2.75) is 0 Å². The molecule has 8 nitrogen and oxygen atoms in total. The van der Waals surface area contributed by atoms with Crippen LogP contribution in [0.15, 0.2) is 59.0 Å². The maximum absolute atomic E-state index is 12.4. The van der Waals surface area contributed by atoms with Gasteiger partial charge in [-0.05, 0) is 24.3 Å². The molecule has 2 heterocycles. The van der Waals surface area contributed by atoms with E-state index in [1.165, 1.54) is 30.4 Å². The van der Waals surface area contributed by atoms with Crippen molar-refractivity contribution in [1.82, 2.24) is 10.2 Å². The Morgan fingerprint density at radius 2 is 1.93 bits per heavy atom. The smallest absolute Gasteiger partial charge is 0.336 e. The summed E-state index contributed by atoms with van der Waals surface area (Å²) in [5.41, 5.74) is 0.140. The number of urea groups is 1. The minimum atomic E-state index is -1.11. The van der Waals surface area contributed by atoms with Gasteiger partial charge in [0.05, 0.1) is 5.56 Å². The fraction of sp³-hybridized carbons (Fsp3) is 0.0526. The highest BCUT2D eigenvalue weighted by molar-refractivity contribution is 6.30. The van der Waals surface area contributed by atoms with Gasteiger partial charge in [0.1, 0.15) is 17.1 Å². The molecule has 1 aromatic carbocycles. The molecule has 27 heavy (non-hydrogen) atoms. The molecular weight excluding hydrogens is 352 g/mol. The van der Waals surface area contributed by atoms with Gasteiger partial charge in [-0.15, -0.1) is 6.58 Å². The normalized spacial score (nSPS) is 15.8. The number of nitrogens with zero attached hydrogens (tertiary/aromatic N) is 1. The highest BCUT2D eigenvalue weighted by atomic mass is 16.4. The van der Waals surface area contributed by atoms with Gasteiger partial charge in [-0.3, -0.25) is 19.8 Å². The Morgan fingerprint density at radius 3 is 2.63 bits per heavy atom. The van der Waals surface area contributed by atoms with E-state index in [1.54, 1.807) is 18.2 Å². The number of barbiturate groups is 1. The lowest BCUT2D eigenvalue weighted by atomic mass is 10.1. The third kappa shape index (κ3) is 3.40. The topological polar surface area (TPSA) is 117 Å². The van der Waals surface area contributed by atoms with Crippen LogP contribution in [0.5, 0.6) is 0 Å². The summed E-state index contributed by atoms with van der Waals surface area (Å²) in [6.07, 6.45) is 2.56. The summed E-state index contributed by atoms with van der Waals surface area (Å²) in [5.74, 6) is -2.29. The zero-order valence-electron chi connectivity index (χ0n) is 14.0. The van der Waals surface area contributed by atoms with Crippen molar-refractivity contribution in [3.63, 3.8) is 0 Å². The molecule has 0 saturated carbocycles. The van der Waals surface area contributed by atoms with Crippen LogP contribution in [0.4, 0.5) is 4.79 Å². The zero-order chi connectivity index (χ0) is 19.6. The van der Waals surface area contributed by atoms with Gasteiger partial charge in [0.2, 0.25) is 0 Å². The SMILES string of the molecule is C=CCN1C(=O)NC(=O)/C(=C\c2ccc(-c3ccccc3C(=O)O)o2)C1=O. The van der Waals surface area contributed by atoms with E-state index in [4.69, 9.17) is 4.42 Å². The summed E-state index contributed by atoms with van der Waals surface area (Å²) in [4.78, 5) is 48.3. The van der Waals surface area contributed by atoms with Crippen molar-refractivity contribution < 1.29 is 28.7 Å². The van der Waals surface area contributed by atoms with Crippen LogP contribution in [0, 0.1) is 0 Å². The molecule has 1 fully saturated rings. The average molecular weight is 366 g/mol. The van der Waals surface area contributed by atoms with Crippen LogP contribution in [-0.2, 0) is 9.59 Å². The Labute approximate surface area is 153 Å². The molecule has 0 spiro atoms. The van der Waals surface area contributed by atoms with E-state index in [9.17, 15) is 24.3 Å². The van der Waals surface area contributed by atoms with Crippen LogP contribution in [-0.4, -0.2) is 40.4 Å². The first-order valence-corrected chi connectivity index (χ1v) is 7.84. The van der Waals surface area contributed by atoms with E-state index < -0.39 is 23.8 Å². The van der Waals surface area contributed by atoms with Crippen LogP contribution in [0.1, 0.15) is 16.1 Å². The number of carboxylic acid groups (broad SMARTS) is 1. The molecule has 1 aliphatic heterocycles. The highest BCUT2D eigenvalue weighted by Gasteiger charge is 2.35. The predicted octanol–water partition coefficient (Wildman–Crippen LogP) is 2.29. The average Bonchev–Trinajstić information content (AvgIpc) is 3.10. The van der Waals surface area contributed by atoms with Crippen molar-refractivity contribution in [3.8, 4) is 11.3 Å². The number of furan rings is 1. The Balaban J connectivity index is 1.96. The first-order chi connectivity index (χ1) is 12.9. The maximum Gasteiger partial charge on any atom is 0.336 e. The van der Waals surface area contributed by atoms with Gasteiger partial charge >= 0.3 is 12.0 Å². The molecule has 1 aliphatic rings. The first-order valence-electron chi connectivity index (χ1n) is 7.84. The van der Waals surface area contributed by atoms with Crippen LogP contribution in [0.2, 0.25) is 0 Å². The van der Waals surface area contributed by atoms with Crippen molar-refractivity contribution in [2.24, 2.45) is 0 Å². The number of aromatic carboxylic acids is 1. The zero-order valence-corrected chi connectivity index (χ0v) is 14.0. The number of nitrogens with one attached hydrogen (secondary N) is 1. The fourth-order valence-corrected chi connectivity index (χ4v) is 2.59. The van der Waals surface area contributed by atoms with E-state index in [-0.39, 0.29) is 29.2 Å². The summed E-state index contributed by atoms with van der Waals surface area (Å²) >= 11 is 0. The van der Waals surface area contributed by atoms with Crippen molar-refractivity contribution in [1.29, 1.82) is 0 Å². The Kier molecular flexibility index (Phi) is 4.71. The fourth-order valence-electron chi connectivity index (χ4n) is 2.59. The second-order valence-corrected chi connectivity index (χ2v) is 5.57. The number of carboxylic acids is 1. The van der Waals surface area contributed by atoms with Gasteiger partial charge < -0.3 is 9.52 Å². The number of carbonyl (C=O) groups is 4. The summed E-state index contributed by atoms with van der Waals surface area (Å²) in [5, 5.41) is 11.3. The number of amides is 4. The van der Waals surface area contributed by atoms with Gasteiger partial charge in [-0.2, -0.15) is 0 Å². The van der Waals surface area contributed by atoms with Crippen LogP contribution >= 0.6 is 0 Å². The quantitative estimate of drug-likeness (QED) is 0.476. The molecular formula is C19H14N2O6. The second-order valence-electron chi connectivity index (χ2n) is 5.57. The lowest BCUT2D eigenvalue weighted by Gasteiger charge is -2.24. The number of imide groups is 2. The lowest BCUT2D eigenvalue weighted by Crippen LogP contribution is -2.54. The predicted molar refractivity (Wildman–Crippen MR) is 94.5 cm³/mol. The third-order valence-electron chi connectivity index (χ3n) is 3.83.